The van der Waals surface area contributed by atoms with E-state index in [1.165, 1.54) is 4.90 Å². The van der Waals surface area contributed by atoms with Crippen LogP contribution >= 0.6 is 0 Å². The van der Waals surface area contributed by atoms with Crippen molar-refractivity contribution >= 4 is 34.7 Å². The van der Waals surface area contributed by atoms with Crippen LogP contribution in [0.2, 0.25) is 0 Å². The summed E-state index contributed by atoms with van der Waals surface area (Å²) in [5.74, 6) is 0.00753. The topological polar surface area (TPSA) is 84.9 Å². The van der Waals surface area contributed by atoms with E-state index in [1.54, 1.807) is 6.08 Å². The third-order valence-corrected chi connectivity index (χ3v) is 5.97. The molecule has 0 radical (unpaired) electrons. The number of nitrogens with one attached hydrogen (secondary N) is 1. The molecule has 4 rings (SSSR count). The van der Waals surface area contributed by atoms with E-state index >= 15 is 0 Å². The van der Waals surface area contributed by atoms with Gasteiger partial charge in [-0.15, -0.1) is 0 Å². The molecule has 2 aliphatic rings. The van der Waals surface area contributed by atoms with Crippen molar-refractivity contribution in [2.45, 2.75) is 52.0 Å². The van der Waals surface area contributed by atoms with E-state index in [9.17, 15) is 14.4 Å². The van der Waals surface area contributed by atoms with E-state index in [0.717, 1.165) is 42.9 Å². The summed E-state index contributed by atoms with van der Waals surface area (Å²) >= 11 is 0. The first-order chi connectivity index (χ1) is 15.5. The second-order valence-corrected chi connectivity index (χ2v) is 8.01. The van der Waals surface area contributed by atoms with Gasteiger partial charge in [0.05, 0.1) is 13.2 Å². The predicted molar refractivity (Wildman–Crippen MR) is 122 cm³/mol. The van der Waals surface area contributed by atoms with Gasteiger partial charge in [-0.25, -0.2) is 4.79 Å². The lowest BCUT2D eigenvalue weighted by molar-refractivity contribution is -0.132. The van der Waals surface area contributed by atoms with Gasteiger partial charge in [-0.3, -0.25) is 19.8 Å². The van der Waals surface area contributed by atoms with Crippen molar-refractivity contribution in [1.29, 1.82) is 0 Å². The molecule has 1 aliphatic heterocycles. The van der Waals surface area contributed by atoms with Gasteiger partial charge >= 0.3 is 6.03 Å². The number of benzene rings is 2. The molecule has 7 nitrogen and oxygen atoms in total. The maximum atomic E-state index is 13.3. The summed E-state index contributed by atoms with van der Waals surface area (Å²) < 4.78 is 11.5. The first kappa shape index (κ1) is 21.9. The number of hydrogen-bond donors (Lipinski definition) is 1. The molecule has 0 bridgehead atoms. The van der Waals surface area contributed by atoms with E-state index in [2.05, 4.69) is 5.32 Å². The molecule has 0 spiro atoms. The van der Waals surface area contributed by atoms with Gasteiger partial charge < -0.3 is 9.47 Å². The molecule has 0 aromatic heterocycles. The van der Waals surface area contributed by atoms with Gasteiger partial charge in [0, 0.05) is 11.6 Å². The zero-order valence-corrected chi connectivity index (χ0v) is 18.5. The number of urea groups is 1. The number of ether oxygens (including phenoxy) is 2. The standard InChI is InChI=1S/C25H28N2O5/c1-3-31-18-12-10-16-11-13-22(32-4-2)20(19(16)14-18)15-21-23(28)26-25(30)27(24(21)29)17-8-6-5-7-9-17/h10-15,17H,3-9H2,1-2H3,(H,26,28,30)/b21-15+. The number of barbiturate groups is 1. The fraction of sp³-hybridized carbons (Fsp3) is 0.400. The second-order valence-electron chi connectivity index (χ2n) is 8.01. The summed E-state index contributed by atoms with van der Waals surface area (Å²) in [7, 11) is 0. The third kappa shape index (κ3) is 4.20. The van der Waals surface area contributed by atoms with Gasteiger partial charge in [-0.2, -0.15) is 0 Å². The number of hydrogen-bond acceptors (Lipinski definition) is 5. The molecule has 7 heteroatoms. The lowest BCUT2D eigenvalue weighted by Crippen LogP contribution is -2.58. The second kappa shape index (κ2) is 9.42. The normalized spacial score (nSPS) is 18.9. The van der Waals surface area contributed by atoms with Gasteiger partial charge in [0.15, 0.2) is 0 Å². The molecule has 0 unspecified atom stereocenters. The average Bonchev–Trinajstić information content (AvgIpc) is 2.78. The molecule has 1 aliphatic carbocycles. The maximum absolute atomic E-state index is 13.3. The van der Waals surface area contributed by atoms with Crippen LogP contribution in [0.1, 0.15) is 51.5 Å². The monoisotopic (exact) mass is 436 g/mol. The number of fused-ring (bicyclic) bond motifs is 1. The van der Waals surface area contributed by atoms with E-state index in [1.807, 2.05) is 44.2 Å². The van der Waals surface area contributed by atoms with Crippen LogP contribution in [0, 0.1) is 0 Å². The van der Waals surface area contributed by atoms with Crippen molar-refractivity contribution < 1.29 is 23.9 Å². The Hall–Kier alpha value is -3.35. The predicted octanol–water partition coefficient (Wildman–Crippen LogP) is 4.43. The minimum absolute atomic E-state index is 0.0644. The Morgan fingerprint density at radius 3 is 2.44 bits per heavy atom. The number of carbonyl (C=O) groups is 3. The molecule has 1 saturated carbocycles. The number of rotatable bonds is 6. The molecule has 4 amide bonds. The molecule has 32 heavy (non-hydrogen) atoms. The zero-order chi connectivity index (χ0) is 22.7. The van der Waals surface area contributed by atoms with Crippen molar-refractivity contribution in [2.75, 3.05) is 13.2 Å². The minimum Gasteiger partial charge on any atom is -0.494 e. The smallest absolute Gasteiger partial charge is 0.331 e. The van der Waals surface area contributed by atoms with Crippen LogP contribution in [0.3, 0.4) is 0 Å². The van der Waals surface area contributed by atoms with Crippen molar-refractivity contribution in [3.05, 3.63) is 41.5 Å². The molecule has 2 fully saturated rings. The summed E-state index contributed by atoms with van der Waals surface area (Å²) in [4.78, 5) is 39.8. The lowest BCUT2D eigenvalue weighted by Gasteiger charge is -2.35. The van der Waals surface area contributed by atoms with Gasteiger partial charge in [0.2, 0.25) is 0 Å². The number of amides is 4. The largest absolute Gasteiger partial charge is 0.494 e. The van der Waals surface area contributed by atoms with Gasteiger partial charge in [0.1, 0.15) is 17.1 Å². The first-order valence-electron chi connectivity index (χ1n) is 11.3. The number of nitrogens with zero attached hydrogens (tertiary/aromatic N) is 1. The summed E-state index contributed by atoms with van der Waals surface area (Å²) in [5.41, 5.74) is 0.549. The zero-order valence-electron chi connectivity index (χ0n) is 18.5. The van der Waals surface area contributed by atoms with Crippen molar-refractivity contribution in [3.63, 3.8) is 0 Å². The van der Waals surface area contributed by atoms with Crippen LogP contribution in [0.25, 0.3) is 16.8 Å². The highest BCUT2D eigenvalue weighted by Gasteiger charge is 2.40. The third-order valence-electron chi connectivity index (χ3n) is 5.97. The van der Waals surface area contributed by atoms with Gasteiger partial charge in [-0.1, -0.05) is 31.4 Å². The Morgan fingerprint density at radius 1 is 1.00 bits per heavy atom. The lowest BCUT2D eigenvalue weighted by atomic mass is 9.93. The first-order valence-corrected chi connectivity index (χ1v) is 11.3. The van der Waals surface area contributed by atoms with Gasteiger partial charge in [0.25, 0.3) is 11.8 Å². The Kier molecular flexibility index (Phi) is 6.44. The Balaban J connectivity index is 1.82. The van der Waals surface area contributed by atoms with Crippen molar-refractivity contribution in [3.8, 4) is 11.5 Å². The van der Waals surface area contributed by atoms with Gasteiger partial charge in [-0.05, 0) is 61.7 Å². The highest BCUT2D eigenvalue weighted by atomic mass is 16.5. The fourth-order valence-corrected chi connectivity index (χ4v) is 4.47. The SMILES string of the molecule is CCOc1ccc2ccc(OCC)c(/C=C3\C(=O)NC(=O)N(C4CCCCC4)C3=O)c2c1. The Morgan fingerprint density at radius 2 is 1.72 bits per heavy atom. The van der Waals surface area contributed by atoms with E-state index in [0.29, 0.717) is 30.3 Å². The Labute approximate surface area is 187 Å². The Bertz CT molecular complexity index is 1080. The van der Waals surface area contributed by atoms with Crippen LogP contribution in [0.15, 0.2) is 35.9 Å². The molecular formula is C25H28N2O5. The average molecular weight is 437 g/mol. The van der Waals surface area contributed by atoms with Crippen LogP contribution in [-0.4, -0.2) is 42.0 Å². The summed E-state index contributed by atoms with van der Waals surface area (Å²) in [6.45, 7) is 4.73. The number of imide groups is 2. The summed E-state index contributed by atoms with van der Waals surface area (Å²) in [6.07, 6.45) is 6.09. The maximum Gasteiger partial charge on any atom is 0.331 e. The van der Waals surface area contributed by atoms with Crippen molar-refractivity contribution in [1.82, 2.24) is 10.2 Å². The van der Waals surface area contributed by atoms with Crippen molar-refractivity contribution in [2.24, 2.45) is 0 Å². The molecule has 1 saturated heterocycles. The van der Waals surface area contributed by atoms with Crippen LogP contribution in [0.4, 0.5) is 4.79 Å². The van der Waals surface area contributed by atoms with Crippen LogP contribution in [-0.2, 0) is 9.59 Å². The number of carbonyl (C=O) groups excluding carboxylic acids is 3. The highest BCUT2D eigenvalue weighted by molar-refractivity contribution is 6.31. The van der Waals surface area contributed by atoms with E-state index in [4.69, 9.17) is 9.47 Å². The minimum atomic E-state index is -0.688. The molecule has 1 heterocycles. The van der Waals surface area contributed by atoms with E-state index < -0.39 is 17.8 Å². The molecular weight excluding hydrogens is 408 g/mol. The molecule has 1 N–H and O–H groups in total. The summed E-state index contributed by atoms with van der Waals surface area (Å²) in [5, 5.41) is 4.08. The molecule has 0 atom stereocenters. The highest BCUT2D eigenvalue weighted by Crippen LogP contribution is 2.34. The van der Waals surface area contributed by atoms with Crippen LogP contribution < -0.4 is 14.8 Å². The fourth-order valence-electron chi connectivity index (χ4n) is 4.47. The molecule has 2 aromatic carbocycles. The molecule has 2 aromatic rings. The summed E-state index contributed by atoms with van der Waals surface area (Å²) in [6, 6.07) is 8.63. The van der Waals surface area contributed by atoms with E-state index in [-0.39, 0.29) is 11.6 Å². The molecule has 168 valence electrons. The quantitative estimate of drug-likeness (QED) is 0.535. The van der Waals surface area contributed by atoms with Crippen LogP contribution in [0.5, 0.6) is 11.5 Å².